The van der Waals surface area contributed by atoms with Crippen LogP contribution in [-0.2, 0) is 15.1 Å². The predicted molar refractivity (Wildman–Crippen MR) is 128 cm³/mol. The van der Waals surface area contributed by atoms with E-state index in [1.807, 2.05) is 79.7 Å². The van der Waals surface area contributed by atoms with E-state index in [9.17, 15) is 9.59 Å². The number of para-hydroxylation sites is 1. The Balaban J connectivity index is 1.80. The maximum Gasteiger partial charge on any atom is 0.255 e. The fourth-order valence-corrected chi connectivity index (χ4v) is 4.34. The van der Waals surface area contributed by atoms with Gasteiger partial charge >= 0.3 is 0 Å². The molecule has 1 fully saturated rings. The third kappa shape index (κ3) is 3.79. The Morgan fingerprint density at radius 3 is 2.23 bits per heavy atom. The number of rotatable bonds is 5. The zero-order valence-electron chi connectivity index (χ0n) is 17.9. The van der Waals surface area contributed by atoms with Crippen LogP contribution in [0, 0.1) is 6.92 Å². The topological polar surface area (TPSA) is 49.4 Å². The predicted octanol–water partition coefficient (Wildman–Crippen LogP) is 6.15. The number of nitrogens with zero attached hydrogens (tertiary/aromatic N) is 1. The smallest absolute Gasteiger partial charge is 0.255 e. The maximum absolute atomic E-state index is 13.8. The van der Waals surface area contributed by atoms with E-state index in [0.29, 0.717) is 11.6 Å². The largest absolute Gasteiger partial charge is 0.323 e. The number of hydrogen-bond donors (Lipinski definition) is 1. The summed E-state index contributed by atoms with van der Waals surface area (Å²) in [5, 5.41) is 3.08. The molecule has 2 amide bonds. The molecule has 1 atom stereocenters. The van der Waals surface area contributed by atoms with Crippen molar-refractivity contribution >= 4 is 39.1 Å². The van der Waals surface area contributed by atoms with Crippen LogP contribution in [0.5, 0.6) is 0 Å². The zero-order chi connectivity index (χ0) is 22.2. The second kappa shape index (κ2) is 8.31. The molecule has 31 heavy (non-hydrogen) atoms. The van der Waals surface area contributed by atoms with Gasteiger partial charge in [-0.25, -0.2) is 0 Å². The Morgan fingerprint density at radius 1 is 1.00 bits per heavy atom. The number of nitrogens with one attached hydrogen (secondary N) is 1. The molecule has 0 bridgehead atoms. The van der Waals surface area contributed by atoms with Crippen LogP contribution in [0.15, 0.2) is 77.3 Å². The van der Waals surface area contributed by atoms with Crippen molar-refractivity contribution in [2.24, 2.45) is 0 Å². The Hall–Kier alpha value is -2.92. The first-order valence-corrected chi connectivity index (χ1v) is 11.2. The molecule has 4 nitrogen and oxygen atoms in total. The summed E-state index contributed by atoms with van der Waals surface area (Å²) in [4.78, 5) is 28.2. The molecule has 0 aliphatic carbocycles. The average Bonchev–Trinajstić information content (AvgIpc) is 2.75. The molecule has 3 aromatic carbocycles. The highest BCUT2D eigenvalue weighted by atomic mass is 79.9. The number of amides is 2. The van der Waals surface area contributed by atoms with Crippen LogP contribution < -0.4 is 10.2 Å². The van der Waals surface area contributed by atoms with Crippen LogP contribution >= 0.6 is 15.9 Å². The van der Waals surface area contributed by atoms with Gasteiger partial charge in [-0.05, 0) is 59.9 Å². The molecule has 1 saturated heterocycles. The lowest BCUT2D eigenvalue weighted by Crippen LogP contribution is -2.67. The molecule has 1 unspecified atom stereocenters. The normalized spacial score (nSPS) is 18.1. The number of benzene rings is 3. The van der Waals surface area contributed by atoms with Crippen molar-refractivity contribution in [3.63, 3.8) is 0 Å². The molecule has 4 rings (SSSR count). The fourth-order valence-electron chi connectivity index (χ4n) is 4.08. The van der Waals surface area contributed by atoms with Gasteiger partial charge in [-0.1, -0.05) is 72.2 Å². The van der Waals surface area contributed by atoms with E-state index < -0.39 is 5.54 Å². The summed E-state index contributed by atoms with van der Waals surface area (Å²) < 4.78 is 0.917. The highest BCUT2D eigenvalue weighted by Crippen LogP contribution is 2.46. The van der Waals surface area contributed by atoms with Crippen LogP contribution in [0.25, 0.3) is 0 Å². The standard InChI is InChI=1S/C26H25BrN2O2/c1-17(2)19-8-10-20(11-9-19)26(25(31)28-23-7-5-4-6-18(23)3)16-24(30)29(26)22-14-12-21(27)13-15-22/h4-15,17H,16H2,1-3H3,(H,28,31). The summed E-state index contributed by atoms with van der Waals surface area (Å²) in [6.07, 6.45) is 0.127. The highest BCUT2D eigenvalue weighted by Gasteiger charge is 2.58. The highest BCUT2D eigenvalue weighted by molar-refractivity contribution is 9.10. The van der Waals surface area contributed by atoms with Crippen molar-refractivity contribution in [1.29, 1.82) is 0 Å². The molecular weight excluding hydrogens is 452 g/mol. The Bertz CT molecular complexity index is 1120. The fraction of sp³-hybridized carbons (Fsp3) is 0.231. The molecule has 158 valence electrons. The van der Waals surface area contributed by atoms with Crippen LogP contribution in [0.2, 0.25) is 0 Å². The molecule has 1 aliphatic heterocycles. The van der Waals surface area contributed by atoms with E-state index in [4.69, 9.17) is 0 Å². The third-order valence-electron chi connectivity index (χ3n) is 5.95. The van der Waals surface area contributed by atoms with Crippen molar-refractivity contribution < 1.29 is 9.59 Å². The number of aryl methyl sites for hydroxylation is 1. The molecule has 5 heteroatoms. The first-order valence-electron chi connectivity index (χ1n) is 10.4. The van der Waals surface area contributed by atoms with Gasteiger partial charge in [-0.3, -0.25) is 14.5 Å². The number of carbonyl (C=O) groups excluding carboxylic acids is 2. The minimum atomic E-state index is -1.09. The number of halogens is 1. The van der Waals surface area contributed by atoms with Crippen molar-refractivity contribution in [3.05, 3.63) is 94.0 Å². The summed E-state index contributed by atoms with van der Waals surface area (Å²) in [6, 6.07) is 23.2. The lowest BCUT2D eigenvalue weighted by Gasteiger charge is -2.50. The number of anilines is 2. The molecule has 0 aromatic heterocycles. The van der Waals surface area contributed by atoms with E-state index in [1.165, 1.54) is 5.56 Å². The second-order valence-corrected chi connectivity index (χ2v) is 9.20. The molecule has 0 spiro atoms. The SMILES string of the molecule is Cc1ccccc1NC(=O)C1(c2ccc(C(C)C)cc2)CC(=O)N1c1ccc(Br)cc1. The monoisotopic (exact) mass is 476 g/mol. The van der Waals surface area contributed by atoms with E-state index in [2.05, 4.69) is 35.1 Å². The minimum Gasteiger partial charge on any atom is -0.323 e. The van der Waals surface area contributed by atoms with Crippen LogP contribution in [-0.4, -0.2) is 11.8 Å². The summed E-state index contributed by atoms with van der Waals surface area (Å²) >= 11 is 3.44. The Kier molecular flexibility index (Phi) is 5.71. The van der Waals surface area contributed by atoms with Crippen LogP contribution in [0.1, 0.15) is 42.9 Å². The van der Waals surface area contributed by atoms with Gasteiger partial charge in [0.1, 0.15) is 0 Å². The van der Waals surface area contributed by atoms with E-state index >= 15 is 0 Å². The molecule has 1 heterocycles. The average molecular weight is 477 g/mol. The first kappa shape index (κ1) is 21.3. The van der Waals surface area contributed by atoms with Gasteiger partial charge in [-0.2, -0.15) is 0 Å². The molecule has 0 radical (unpaired) electrons. The number of carbonyl (C=O) groups is 2. The van der Waals surface area contributed by atoms with Gasteiger partial charge in [0, 0.05) is 15.8 Å². The van der Waals surface area contributed by atoms with Gasteiger partial charge < -0.3 is 5.32 Å². The van der Waals surface area contributed by atoms with E-state index in [1.54, 1.807) is 4.90 Å². The molecule has 1 N–H and O–H groups in total. The summed E-state index contributed by atoms with van der Waals surface area (Å²) in [5.41, 5.74) is 3.34. The van der Waals surface area contributed by atoms with Gasteiger partial charge in [0.2, 0.25) is 5.91 Å². The van der Waals surface area contributed by atoms with Crippen molar-refractivity contribution in [2.75, 3.05) is 10.2 Å². The lowest BCUT2D eigenvalue weighted by atomic mass is 9.75. The summed E-state index contributed by atoms with van der Waals surface area (Å²) in [6.45, 7) is 6.23. The van der Waals surface area contributed by atoms with E-state index in [-0.39, 0.29) is 18.2 Å². The zero-order valence-corrected chi connectivity index (χ0v) is 19.4. The van der Waals surface area contributed by atoms with Gasteiger partial charge in [-0.15, -0.1) is 0 Å². The van der Waals surface area contributed by atoms with Gasteiger partial charge in [0.05, 0.1) is 6.42 Å². The molecule has 0 saturated carbocycles. The Morgan fingerprint density at radius 2 is 1.65 bits per heavy atom. The summed E-state index contributed by atoms with van der Waals surface area (Å²) in [5.74, 6) is 0.105. The lowest BCUT2D eigenvalue weighted by molar-refractivity contribution is -0.137. The van der Waals surface area contributed by atoms with Gasteiger partial charge in [0.25, 0.3) is 5.91 Å². The maximum atomic E-state index is 13.8. The van der Waals surface area contributed by atoms with Crippen molar-refractivity contribution in [2.45, 2.75) is 38.6 Å². The van der Waals surface area contributed by atoms with Crippen LogP contribution in [0.4, 0.5) is 11.4 Å². The summed E-state index contributed by atoms with van der Waals surface area (Å²) in [7, 11) is 0. The first-order chi connectivity index (χ1) is 14.8. The van der Waals surface area contributed by atoms with Crippen molar-refractivity contribution in [1.82, 2.24) is 0 Å². The molecular formula is C26H25BrN2O2. The Labute approximate surface area is 191 Å². The van der Waals surface area contributed by atoms with Crippen molar-refractivity contribution in [3.8, 4) is 0 Å². The number of β-lactam (4-membered cyclic amide) rings is 1. The van der Waals surface area contributed by atoms with E-state index in [0.717, 1.165) is 21.3 Å². The second-order valence-electron chi connectivity index (χ2n) is 8.29. The third-order valence-corrected chi connectivity index (χ3v) is 6.48. The van der Waals surface area contributed by atoms with Crippen LogP contribution in [0.3, 0.4) is 0 Å². The molecule has 1 aliphatic rings. The van der Waals surface area contributed by atoms with Gasteiger partial charge in [0.15, 0.2) is 5.54 Å². The molecule has 3 aromatic rings. The minimum absolute atomic E-state index is 0.0739. The number of hydrogen-bond acceptors (Lipinski definition) is 2. The quantitative estimate of drug-likeness (QED) is 0.448.